The summed E-state index contributed by atoms with van der Waals surface area (Å²) in [5.74, 6) is -0.365. The standard InChI is InChI=1S/C13H17N3O3S2/c1-8-9(2)20-13(10(8)7-14)15-12(17)11-5-4-6-16(11)21(3,18)19/h11H,4-6H2,1-3H3,(H,15,17). The summed E-state index contributed by atoms with van der Waals surface area (Å²) < 4.78 is 24.6. The molecule has 1 aromatic rings. The van der Waals surface area contributed by atoms with E-state index in [4.69, 9.17) is 0 Å². The molecular weight excluding hydrogens is 310 g/mol. The Bertz CT molecular complexity index is 716. The lowest BCUT2D eigenvalue weighted by Crippen LogP contribution is -2.42. The van der Waals surface area contributed by atoms with Gasteiger partial charge < -0.3 is 5.32 Å². The van der Waals surface area contributed by atoms with Crippen molar-refractivity contribution in [2.75, 3.05) is 18.1 Å². The number of carbonyl (C=O) groups is 1. The second kappa shape index (κ2) is 5.75. The predicted molar refractivity (Wildman–Crippen MR) is 81.7 cm³/mol. The van der Waals surface area contributed by atoms with Crippen LogP contribution in [-0.4, -0.2) is 37.5 Å². The third-order valence-electron chi connectivity index (χ3n) is 3.67. The third-order valence-corrected chi connectivity index (χ3v) is 6.08. The summed E-state index contributed by atoms with van der Waals surface area (Å²) >= 11 is 1.34. The van der Waals surface area contributed by atoms with E-state index >= 15 is 0 Å². The maximum atomic E-state index is 12.3. The molecule has 1 fully saturated rings. The van der Waals surface area contributed by atoms with E-state index in [-0.39, 0.29) is 5.91 Å². The van der Waals surface area contributed by atoms with Crippen molar-refractivity contribution in [2.45, 2.75) is 32.7 Å². The van der Waals surface area contributed by atoms with E-state index in [1.807, 2.05) is 13.8 Å². The predicted octanol–water partition coefficient (Wildman–Crippen LogP) is 1.60. The van der Waals surface area contributed by atoms with Gasteiger partial charge in [0.15, 0.2) is 0 Å². The molecule has 1 N–H and O–H groups in total. The second-order valence-electron chi connectivity index (χ2n) is 5.12. The van der Waals surface area contributed by atoms with E-state index in [9.17, 15) is 18.5 Å². The lowest BCUT2D eigenvalue weighted by Gasteiger charge is -2.21. The van der Waals surface area contributed by atoms with Crippen LogP contribution in [-0.2, 0) is 14.8 Å². The molecule has 0 bridgehead atoms. The number of hydrogen-bond donors (Lipinski definition) is 1. The molecule has 1 saturated heterocycles. The molecule has 1 aliphatic heterocycles. The Morgan fingerprint density at radius 2 is 2.14 bits per heavy atom. The Morgan fingerprint density at radius 1 is 1.48 bits per heavy atom. The zero-order chi connectivity index (χ0) is 15.8. The highest BCUT2D eigenvalue weighted by Crippen LogP contribution is 2.32. The average Bonchev–Trinajstić information content (AvgIpc) is 2.96. The minimum Gasteiger partial charge on any atom is -0.315 e. The first-order valence-electron chi connectivity index (χ1n) is 6.53. The first-order chi connectivity index (χ1) is 9.75. The highest BCUT2D eigenvalue weighted by atomic mass is 32.2. The van der Waals surface area contributed by atoms with Crippen LogP contribution in [0.3, 0.4) is 0 Å². The quantitative estimate of drug-likeness (QED) is 0.913. The van der Waals surface area contributed by atoms with Crippen LogP contribution >= 0.6 is 11.3 Å². The van der Waals surface area contributed by atoms with Crippen LogP contribution in [0.25, 0.3) is 0 Å². The van der Waals surface area contributed by atoms with Gasteiger partial charge in [-0.2, -0.15) is 9.57 Å². The summed E-state index contributed by atoms with van der Waals surface area (Å²) in [6, 6.07) is 1.40. The van der Waals surface area contributed by atoms with Gasteiger partial charge in [0.1, 0.15) is 17.1 Å². The maximum Gasteiger partial charge on any atom is 0.243 e. The van der Waals surface area contributed by atoms with Gasteiger partial charge >= 0.3 is 0 Å². The molecular formula is C13H17N3O3S2. The van der Waals surface area contributed by atoms with E-state index < -0.39 is 16.1 Å². The van der Waals surface area contributed by atoms with Crippen molar-refractivity contribution in [2.24, 2.45) is 0 Å². The fourth-order valence-corrected chi connectivity index (χ4v) is 4.58. The zero-order valence-corrected chi connectivity index (χ0v) is 13.8. The van der Waals surface area contributed by atoms with Crippen LogP contribution < -0.4 is 5.32 Å². The van der Waals surface area contributed by atoms with Gasteiger partial charge in [0.2, 0.25) is 15.9 Å². The van der Waals surface area contributed by atoms with Gasteiger partial charge in [-0.25, -0.2) is 8.42 Å². The Hall–Kier alpha value is -1.43. The number of amides is 1. The van der Waals surface area contributed by atoms with Gasteiger partial charge in [0.25, 0.3) is 0 Å². The van der Waals surface area contributed by atoms with Crippen LogP contribution in [0.15, 0.2) is 0 Å². The largest absolute Gasteiger partial charge is 0.315 e. The minimum absolute atomic E-state index is 0.365. The SMILES string of the molecule is Cc1sc(NC(=O)C2CCCN2S(C)(=O)=O)c(C#N)c1C. The van der Waals surface area contributed by atoms with Gasteiger partial charge in [-0.15, -0.1) is 11.3 Å². The monoisotopic (exact) mass is 327 g/mol. The first kappa shape index (κ1) is 15.9. The number of carbonyl (C=O) groups excluding carboxylic acids is 1. The third kappa shape index (κ3) is 3.10. The number of rotatable bonds is 3. The Kier molecular flexibility index (Phi) is 4.37. The van der Waals surface area contributed by atoms with E-state index in [1.54, 1.807) is 0 Å². The summed E-state index contributed by atoms with van der Waals surface area (Å²) in [4.78, 5) is 13.3. The second-order valence-corrected chi connectivity index (χ2v) is 8.28. The van der Waals surface area contributed by atoms with Crippen LogP contribution in [0.4, 0.5) is 5.00 Å². The lowest BCUT2D eigenvalue weighted by molar-refractivity contribution is -0.119. The number of hydrogen-bond acceptors (Lipinski definition) is 5. The molecule has 1 amide bonds. The number of nitrogens with one attached hydrogen (secondary N) is 1. The number of anilines is 1. The molecule has 0 aliphatic carbocycles. The summed E-state index contributed by atoms with van der Waals surface area (Å²) in [7, 11) is -3.40. The fourth-order valence-electron chi connectivity index (χ4n) is 2.44. The van der Waals surface area contributed by atoms with Gasteiger partial charge in [-0.1, -0.05) is 0 Å². The smallest absolute Gasteiger partial charge is 0.243 e. The normalized spacial score (nSPS) is 19.4. The van der Waals surface area contributed by atoms with Gasteiger partial charge in [-0.05, 0) is 32.3 Å². The molecule has 1 aliphatic rings. The van der Waals surface area contributed by atoms with Crippen LogP contribution in [0.2, 0.25) is 0 Å². The number of thiophene rings is 1. The molecule has 1 aromatic heterocycles. The topological polar surface area (TPSA) is 90.3 Å². The molecule has 0 aromatic carbocycles. The van der Waals surface area contributed by atoms with Crippen molar-refractivity contribution in [3.63, 3.8) is 0 Å². The molecule has 2 rings (SSSR count). The Morgan fingerprint density at radius 3 is 2.71 bits per heavy atom. The summed E-state index contributed by atoms with van der Waals surface area (Å²) in [5.41, 5.74) is 1.30. The van der Waals surface area contributed by atoms with E-state index in [0.717, 1.165) is 16.7 Å². The Labute approximate surface area is 128 Å². The minimum atomic E-state index is -3.40. The molecule has 8 heteroatoms. The molecule has 0 radical (unpaired) electrons. The Balaban J connectivity index is 2.23. The van der Waals surface area contributed by atoms with Crippen molar-refractivity contribution in [3.05, 3.63) is 16.0 Å². The van der Waals surface area contributed by atoms with Crippen LogP contribution in [0, 0.1) is 25.2 Å². The van der Waals surface area contributed by atoms with Crippen molar-refractivity contribution in [1.29, 1.82) is 5.26 Å². The van der Waals surface area contributed by atoms with Gasteiger partial charge in [0.05, 0.1) is 11.8 Å². The van der Waals surface area contributed by atoms with Gasteiger partial charge in [0, 0.05) is 11.4 Å². The fraction of sp³-hybridized carbons (Fsp3) is 0.538. The van der Waals surface area contributed by atoms with Gasteiger partial charge in [-0.3, -0.25) is 4.79 Å². The zero-order valence-electron chi connectivity index (χ0n) is 12.1. The molecule has 21 heavy (non-hydrogen) atoms. The number of sulfonamides is 1. The van der Waals surface area contributed by atoms with E-state index in [0.29, 0.717) is 30.0 Å². The van der Waals surface area contributed by atoms with Crippen molar-refractivity contribution in [3.8, 4) is 6.07 Å². The summed E-state index contributed by atoms with van der Waals surface area (Å²) in [5, 5.41) is 12.4. The number of nitrogens with zero attached hydrogens (tertiary/aromatic N) is 2. The highest BCUT2D eigenvalue weighted by Gasteiger charge is 2.36. The van der Waals surface area contributed by atoms with E-state index in [2.05, 4.69) is 11.4 Å². The van der Waals surface area contributed by atoms with Crippen LogP contribution in [0.5, 0.6) is 0 Å². The number of aryl methyl sites for hydroxylation is 1. The molecule has 0 spiro atoms. The molecule has 6 nitrogen and oxygen atoms in total. The van der Waals surface area contributed by atoms with E-state index in [1.165, 1.54) is 15.6 Å². The van der Waals surface area contributed by atoms with Crippen molar-refractivity contribution >= 4 is 32.3 Å². The molecule has 0 saturated carbocycles. The van der Waals surface area contributed by atoms with Crippen molar-refractivity contribution in [1.82, 2.24) is 4.31 Å². The van der Waals surface area contributed by atoms with Crippen molar-refractivity contribution < 1.29 is 13.2 Å². The average molecular weight is 327 g/mol. The maximum absolute atomic E-state index is 12.3. The first-order valence-corrected chi connectivity index (χ1v) is 9.20. The summed E-state index contributed by atoms with van der Waals surface area (Å²) in [6.45, 7) is 4.08. The molecule has 114 valence electrons. The molecule has 1 atom stereocenters. The molecule has 2 heterocycles. The summed E-state index contributed by atoms with van der Waals surface area (Å²) in [6.07, 6.45) is 2.28. The number of nitriles is 1. The van der Waals surface area contributed by atoms with Crippen LogP contribution in [0.1, 0.15) is 28.8 Å². The lowest BCUT2D eigenvalue weighted by atomic mass is 10.2. The molecule has 1 unspecified atom stereocenters. The highest BCUT2D eigenvalue weighted by molar-refractivity contribution is 7.88.